The van der Waals surface area contributed by atoms with E-state index in [1.165, 1.54) is 24.9 Å². The molecule has 0 fully saturated rings. The van der Waals surface area contributed by atoms with Crippen molar-refractivity contribution in [1.29, 1.82) is 5.39 Å². The third-order valence-electron chi connectivity index (χ3n) is 2.57. The van der Waals surface area contributed by atoms with Gasteiger partial charge in [0.05, 0.1) is 30.4 Å². The molecule has 1 N–H and O–H groups in total. The van der Waals surface area contributed by atoms with Crippen LogP contribution in [-0.4, -0.2) is 32.5 Å². The Bertz CT molecular complexity index is 541. The fraction of sp³-hybridized carbons (Fsp3) is 0.462. The van der Waals surface area contributed by atoms with Gasteiger partial charge in [-0.2, -0.15) is 0 Å². The molecule has 0 bridgehead atoms. The molecule has 1 aromatic carbocycles. The number of anilines is 1. The van der Waals surface area contributed by atoms with Crippen LogP contribution in [-0.2, 0) is 4.74 Å². The number of thioether (sulfide) groups is 1. The molecule has 0 aliphatic rings. The number of ether oxygens (including phenoxy) is 2. The monoisotopic (exact) mass is 296 g/mol. The van der Waals surface area contributed by atoms with Gasteiger partial charge in [-0.3, -0.25) is 0 Å². The number of nitrogens with zero attached hydrogens (tertiary/aromatic N) is 2. The minimum Gasteiger partial charge on any atom is -0.495 e. The summed E-state index contributed by atoms with van der Waals surface area (Å²) in [7, 11) is 3.22. The SMILES string of the molecule is CCOC(=O)c1c([N+]#N)cc(OC)c(SCC)c1NC. The summed E-state index contributed by atoms with van der Waals surface area (Å²) >= 11 is 1.53. The van der Waals surface area contributed by atoms with Crippen LogP contribution in [0.3, 0.4) is 0 Å². The lowest BCUT2D eigenvalue weighted by Crippen LogP contribution is -2.10. The van der Waals surface area contributed by atoms with E-state index in [1.54, 1.807) is 14.0 Å². The number of benzene rings is 1. The molecule has 108 valence electrons. The summed E-state index contributed by atoms with van der Waals surface area (Å²) in [4.78, 5) is 16.0. The molecule has 0 saturated heterocycles. The Balaban J connectivity index is 3.58. The predicted molar refractivity (Wildman–Crippen MR) is 79.6 cm³/mol. The smallest absolute Gasteiger partial charge is 0.405 e. The molecular formula is C13H18N3O3S+. The van der Waals surface area contributed by atoms with Gasteiger partial charge in [-0.1, -0.05) is 6.92 Å². The average molecular weight is 296 g/mol. The molecule has 0 atom stereocenters. The highest BCUT2D eigenvalue weighted by Gasteiger charge is 2.31. The molecule has 0 saturated carbocycles. The van der Waals surface area contributed by atoms with Gasteiger partial charge in [0, 0.05) is 7.05 Å². The number of esters is 1. The second-order valence-corrected chi connectivity index (χ2v) is 4.95. The zero-order valence-electron chi connectivity index (χ0n) is 12.0. The lowest BCUT2D eigenvalue weighted by atomic mass is 10.1. The van der Waals surface area contributed by atoms with Gasteiger partial charge in [-0.05, 0) is 12.7 Å². The number of hydrogen-bond acceptors (Lipinski definition) is 6. The van der Waals surface area contributed by atoms with E-state index in [9.17, 15) is 4.79 Å². The van der Waals surface area contributed by atoms with E-state index < -0.39 is 5.97 Å². The van der Waals surface area contributed by atoms with E-state index in [2.05, 4.69) is 10.3 Å². The Labute approximate surface area is 122 Å². The molecule has 1 rings (SSSR count). The van der Waals surface area contributed by atoms with Crippen LogP contribution in [0, 0.1) is 5.39 Å². The number of rotatable bonds is 6. The molecular weight excluding hydrogens is 278 g/mol. The van der Waals surface area contributed by atoms with Gasteiger partial charge in [-0.15, -0.1) is 11.8 Å². The summed E-state index contributed by atoms with van der Waals surface area (Å²) in [6.45, 7) is 3.96. The minimum atomic E-state index is -0.537. The van der Waals surface area contributed by atoms with Crippen molar-refractivity contribution >= 4 is 29.1 Å². The largest absolute Gasteiger partial charge is 0.495 e. The second-order valence-electron chi connectivity index (χ2n) is 3.68. The number of carbonyl (C=O) groups excluding carboxylic acids is 1. The van der Waals surface area contributed by atoms with Crippen LogP contribution in [0.2, 0.25) is 0 Å². The van der Waals surface area contributed by atoms with Gasteiger partial charge in [0.15, 0.2) is 10.5 Å². The van der Waals surface area contributed by atoms with Gasteiger partial charge in [0.25, 0.3) is 0 Å². The first-order chi connectivity index (χ1) is 9.64. The lowest BCUT2D eigenvalue weighted by molar-refractivity contribution is 0.0528. The summed E-state index contributed by atoms with van der Waals surface area (Å²) in [5, 5.41) is 12.1. The van der Waals surface area contributed by atoms with Gasteiger partial charge >= 0.3 is 11.7 Å². The fourth-order valence-corrected chi connectivity index (χ4v) is 2.71. The van der Waals surface area contributed by atoms with Gasteiger partial charge < -0.3 is 14.8 Å². The maximum absolute atomic E-state index is 12.1. The quantitative estimate of drug-likeness (QED) is 0.492. The first-order valence-corrected chi connectivity index (χ1v) is 7.20. The van der Waals surface area contributed by atoms with Crippen LogP contribution in [0.5, 0.6) is 5.75 Å². The number of carbonyl (C=O) groups is 1. The van der Waals surface area contributed by atoms with E-state index >= 15 is 0 Å². The van der Waals surface area contributed by atoms with Crippen molar-refractivity contribution in [3.8, 4) is 5.75 Å². The predicted octanol–water partition coefficient (Wildman–Crippen LogP) is 3.51. The Morgan fingerprint density at radius 2 is 2.20 bits per heavy atom. The van der Waals surface area contributed by atoms with E-state index in [0.29, 0.717) is 11.4 Å². The highest BCUT2D eigenvalue weighted by atomic mass is 32.2. The van der Waals surface area contributed by atoms with Crippen LogP contribution in [0.15, 0.2) is 11.0 Å². The maximum Gasteiger partial charge on any atom is 0.405 e. The molecule has 0 heterocycles. The van der Waals surface area contributed by atoms with E-state index in [0.717, 1.165) is 10.6 Å². The van der Waals surface area contributed by atoms with Gasteiger partial charge in [0.2, 0.25) is 5.39 Å². The van der Waals surface area contributed by atoms with Gasteiger partial charge in [0.1, 0.15) is 5.75 Å². The van der Waals surface area contributed by atoms with Crippen molar-refractivity contribution in [2.24, 2.45) is 0 Å². The molecule has 7 heteroatoms. The number of methoxy groups -OCH3 is 1. The van der Waals surface area contributed by atoms with E-state index in [1.807, 2.05) is 6.92 Å². The third-order valence-corrected chi connectivity index (χ3v) is 3.55. The van der Waals surface area contributed by atoms with E-state index in [-0.39, 0.29) is 17.9 Å². The van der Waals surface area contributed by atoms with Crippen LogP contribution in [0.1, 0.15) is 24.2 Å². The van der Waals surface area contributed by atoms with Crippen molar-refractivity contribution < 1.29 is 14.3 Å². The van der Waals surface area contributed by atoms with Crippen molar-refractivity contribution in [3.05, 3.63) is 16.6 Å². The second kappa shape index (κ2) is 7.60. The standard InChI is InChI=1S/C13H17N3O3S/c1-5-19-13(17)10-8(16-14)7-9(18-4)12(20-6-2)11(10)15-3/h7H,5-6H2,1-4H3/p+1. The number of hydrogen-bond donors (Lipinski definition) is 1. The van der Waals surface area contributed by atoms with Crippen molar-refractivity contribution in [2.75, 3.05) is 31.8 Å². The zero-order chi connectivity index (χ0) is 15.1. The maximum atomic E-state index is 12.1. The molecule has 0 aliphatic carbocycles. The average Bonchev–Trinajstić information content (AvgIpc) is 2.46. The highest BCUT2D eigenvalue weighted by Crippen LogP contribution is 2.43. The zero-order valence-corrected chi connectivity index (χ0v) is 12.8. The fourth-order valence-electron chi connectivity index (χ4n) is 1.79. The molecule has 0 spiro atoms. The number of nitrogens with one attached hydrogen (secondary N) is 1. The molecule has 0 radical (unpaired) electrons. The molecule has 0 aromatic heterocycles. The minimum absolute atomic E-state index is 0.116. The van der Waals surface area contributed by atoms with Crippen LogP contribution >= 0.6 is 11.8 Å². The first kappa shape index (κ1) is 16.1. The molecule has 0 unspecified atom stereocenters. The normalized spacial score (nSPS) is 9.75. The van der Waals surface area contributed by atoms with Crippen LogP contribution in [0.4, 0.5) is 11.4 Å². The topological polar surface area (TPSA) is 75.7 Å². The van der Waals surface area contributed by atoms with Crippen LogP contribution in [0.25, 0.3) is 4.98 Å². The Kier molecular flexibility index (Phi) is 6.12. The summed E-state index contributed by atoms with van der Waals surface area (Å²) in [5.41, 5.74) is 0.862. The van der Waals surface area contributed by atoms with E-state index in [4.69, 9.17) is 14.9 Å². The van der Waals surface area contributed by atoms with Crippen molar-refractivity contribution in [1.82, 2.24) is 0 Å². The summed E-state index contributed by atoms with van der Waals surface area (Å²) < 4.78 is 10.3. The summed E-state index contributed by atoms with van der Waals surface area (Å²) in [5.74, 6) is 0.815. The molecule has 6 nitrogen and oxygen atoms in total. The lowest BCUT2D eigenvalue weighted by Gasteiger charge is -2.14. The number of diazo groups is 1. The summed E-state index contributed by atoms with van der Waals surface area (Å²) in [6.07, 6.45) is 0. The molecule has 0 amide bonds. The Morgan fingerprint density at radius 1 is 1.50 bits per heavy atom. The highest BCUT2D eigenvalue weighted by molar-refractivity contribution is 7.99. The third kappa shape index (κ3) is 3.14. The Hall–Kier alpha value is -1.94. The molecule has 20 heavy (non-hydrogen) atoms. The summed E-state index contributed by atoms with van der Waals surface area (Å²) in [6, 6.07) is 1.52. The molecule has 0 aliphatic heterocycles. The van der Waals surface area contributed by atoms with Crippen LogP contribution < -0.4 is 10.1 Å². The van der Waals surface area contributed by atoms with Crippen molar-refractivity contribution in [2.45, 2.75) is 18.7 Å². The van der Waals surface area contributed by atoms with Gasteiger partial charge in [-0.25, -0.2) is 4.79 Å². The Morgan fingerprint density at radius 3 is 2.65 bits per heavy atom. The van der Waals surface area contributed by atoms with Crippen molar-refractivity contribution in [3.63, 3.8) is 0 Å². The first-order valence-electron chi connectivity index (χ1n) is 6.22. The molecule has 1 aromatic rings.